The van der Waals surface area contributed by atoms with Gasteiger partial charge in [-0.05, 0) is 19.1 Å². The first kappa shape index (κ1) is 11.9. The van der Waals surface area contributed by atoms with Crippen molar-refractivity contribution in [3.05, 3.63) is 23.8 Å². The predicted molar refractivity (Wildman–Crippen MR) is 66.0 cm³/mol. The highest BCUT2D eigenvalue weighted by molar-refractivity contribution is 5.95. The molecular formula is C13H17NO3. The Morgan fingerprint density at radius 2 is 2.00 bits per heavy atom. The van der Waals surface area contributed by atoms with Crippen molar-refractivity contribution in [3.63, 3.8) is 0 Å². The molecule has 0 saturated carbocycles. The van der Waals surface area contributed by atoms with Crippen LogP contribution in [0, 0.1) is 0 Å². The number of carbonyl (C=O) groups is 1. The van der Waals surface area contributed by atoms with Gasteiger partial charge in [0.25, 0.3) is 0 Å². The molecule has 1 fully saturated rings. The maximum Gasteiger partial charge on any atom is 0.160 e. The topological polar surface area (TPSA) is 38.8 Å². The van der Waals surface area contributed by atoms with Crippen LogP contribution >= 0.6 is 0 Å². The number of anilines is 1. The smallest absolute Gasteiger partial charge is 0.160 e. The van der Waals surface area contributed by atoms with E-state index in [1.54, 1.807) is 20.1 Å². The molecule has 4 heteroatoms. The molecule has 92 valence electrons. The van der Waals surface area contributed by atoms with Gasteiger partial charge in [-0.15, -0.1) is 0 Å². The van der Waals surface area contributed by atoms with Crippen LogP contribution in [0.15, 0.2) is 18.2 Å². The molecule has 0 spiro atoms. The highest BCUT2D eigenvalue weighted by Crippen LogP contribution is 2.25. The SMILES string of the molecule is COc1cc(C(C)=O)cc(N2CCOCC2)c1. The van der Waals surface area contributed by atoms with Crippen LogP contribution in [0.25, 0.3) is 0 Å². The Hall–Kier alpha value is -1.55. The molecule has 0 radical (unpaired) electrons. The van der Waals surface area contributed by atoms with E-state index >= 15 is 0 Å². The second kappa shape index (κ2) is 5.19. The summed E-state index contributed by atoms with van der Waals surface area (Å²) >= 11 is 0. The molecule has 0 amide bonds. The molecule has 1 aliphatic rings. The van der Waals surface area contributed by atoms with E-state index in [1.807, 2.05) is 12.1 Å². The number of benzene rings is 1. The van der Waals surface area contributed by atoms with Crippen LogP contribution in [0.4, 0.5) is 5.69 Å². The zero-order chi connectivity index (χ0) is 12.3. The zero-order valence-electron chi connectivity index (χ0n) is 10.2. The molecule has 0 bridgehead atoms. The van der Waals surface area contributed by atoms with Crippen molar-refractivity contribution in [3.8, 4) is 5.75 Å². The Labute approximate surface area is 101 Å². The highest BCUT2D eigenvalue weighted by Gasteiger charge is 2.14. The Morgan fingerprint density at radius 3 is 2.59 bits per heavy atom. The molecule has 17 heavy (non-hydrogen) atoms. The van der Waals surface area contributed by atoms with E-state index in [-0.39, 0.29) is 5.78 Å². The van der Waals surface area contributed by atoms with Crippen LogP contribution < -0.4 is 9.64 Å². The highest BCUT2D eigenvalue weighted by atomic mass is 16.5. The van der Waals surface area contributed by atoms with Crippen LogP contribution in [-0.2, 0) is 4.74 Å². The molecule has 0 unspecified atom stereocenters. The van der Waals surface area contributed by atoms with Crippen molar-refractivity contribution in [2.75, 3.05) is 38.3 Å². The average molecular weight is 235 g/mol. The largest absolute Gasteiger partial charge is 0.497 e. The van der Waals surface area contributed by atoms with Crippen molar-refractivity contribution in [2.24, 2.45) is 0 Å². The maximum atomic E-state index is 11.4. The molecule has 0 aromatic heterocycles. The summed E-state index contributed by atoms with van der Waals surface area (Å²) in [5, 5.41) is 0. The molecule has 1 heterocycles. The molecule has 0 atom stereocenters. The van der Waals surface area contributed by atoms with Crippen LogP contribution in [0.3, 0.4) is 0 Å². The fourth-order valence-electron chi connectivity index (χ4n) is 1.91. The average Bonchev–Trinajstić information content (AvgIpc) is 2.39. The van der Waals surface area contributed by atoms with E-state index in [2.05, 4.69) is 4.90 Å². The molecule has 0 aliphatic carbocycles. The summed E-state index contributed by atoms with van der Waals surface area (Å²) in [6.07, 6.45) is 0. The molecule has 1 aromatic carbocycles. The molecule has 2 rings (SSSR count). The van der Waals surface area contributed by atoms with Crippen molar-refractivity contribution in [1.29, 1.82) is 0 Å². The summed E-state index contributed by atoms with van der Waals surface area (Å²) in [4.78, 5) is 13.7. The van der Waals surface area contributed by atoms with E-state index in [4.69, 9.17) is 9.47 Å². The van der Waals surface area contributed by atoms with Crippen LogP contribution in [0.2, 0.25) is 0 Å². The van der Waals surface area contributed by atoms with E-state index in [9.17, 15) is 4.79 Å². The van der Waals surface area contributed by atoms with Gasteiger partial charge in [-0.25, -0.2) is 0 Å². The maximum absolute atomic E-state index is 11.4. The van der Waals surface area contributed by atoms with Crippen molar-refractivity contribution < 1.29 is 14.3 Å². The van der Waals surface area contributed by atoms with E-state index in [0.29, 0.717) is 5.56 Å². The molecule has 1 aliphatic heterocycles. The van der Waals surface area contributed by atoms with Gasteiger partial charge in [0.1, 0.15) is 5.75 Å². The number of methoxy groups -OCH3 is 1. The van der Waals surface area contributed by atoms with Gasteiger partial charge < -0.3 is 14.4 Å². The number of rotatable bonds is 3. The molecule has 4 nitrogen and oxygen atoms in total. The number of hydrogen-bond donors (Lipinski definition) is 0. The van der Waals surface area contributed by atoms with Crippen molar-refractivity contribution in [2.45, 2.75) is 6.92 Å². The third-order valence-corrected chi connectivity index (χ3v) is 2.91. The lowest BCUT2D eigenvalue weighted by molar-refractivity contribution is 0.101. The summed E-state index contributed by atoms with van der Waals surface area (Å²) in [6.45, 7) is 4.73. The number of nitrogens with zero attached hydrogens (tertiary/aromatic N) is 1. The Morgan fingerprint density at radius 1 is 1.29 bits per heavy atom. The van der Waals surface area contributed by atoms with Gasteiger partial charge in [0.05, 0.1) is 20.3 Å². The van der Waals surface area contributed by atoms with Gasteiger partial charge in [0.15, 0.2) is 5.78 Å². The quantitative estimate of drug-likeness (QED) is 0.748. The Balaban J connectivity index is 2.31. The number of ether oxygens (including phenoxy) is 2. The lowest BCUT2D eigenvalue weighted by Crippen LogP contribution is -2.36. The van der Waals surface area contributed by atoms with Crippen LogP contribution in [-0.4, -0.2) is 39.2 Å². The number of ketones is 1. The molecule has 1 saturated heterocycles. The lowest BCUT2D eigenvalue weighted by Gasteiger charge is -2.29. The lowest BCUT2D eigenvalue weighted by atomic mass is 10.1. The van der Waals surface area contributed by atoms with Gasteiger partial charge >= 0.3 is 0 Å². The summed E-state index contributed by atoms with van der Waals surface area (Å²) in [5.74, 6) is 0.776. The fourth-order valence-corrected chi connectivity index (χ4v) is 1.91. The second-order valence-corrected chi connectivity index (χ2v) is 4.08. The Kier molecular flexibility index (Phi) is 3.64. The van der Waals surface area contributed by atoms with E-state index < -0.39 is 0 Å². The number of hydrogen-bond acceptors (Lipinski definition) is 4. The minimum Gasteiger partial charge on any atom is -0.497 e. The number of morpholine rings is 1. The third kappa shape index (κ3) is 2.77. The number of carbonyl (C=O) groups excluding carboxylic acids is 1. The van der Waals surface area contributed by atoms with Crippen LogP contribution in [0.5, 0.6) is 5.75 Å². The Bertz CT molecular complexity index is 411. The molecule has 1 aromatic rings. The molecular weight excluding hydrogens is 218 g/mol. The summed E-state index contributed by atoms with van der Waals surface area (Å²) in [7, 11) is 1.61. The second-order valence-electron chi connectivity index (χ2n) is 4.08. The zero-order valence-corrected chi connectivity index (χ0v) is 10.2. The minimum atomic E-state index is 0.0541. The van der Waals surface area contributed by atoms with Gasteiger partial charge in [-0.3, -0.25) is 4.79 Å². The van der Waals surface area contributed by atoms with E-state index in [0.717, 1.165) is 37.7 Å². The third-order valence-electron chi connectivity index (χ3n) is 2.91. The van der Waals surface area contributed by atoms with E-state index in [1.165, 1.54) is 0 Å². The first-order chi connectivity index (χ1) is 8.20. The minimum absolute atomic E-state index is 0.0541. The standard InChI is InChI=1S/C13H17NO3/c1-10(15)11-7-12(9-13(8-11)16-2)14-3-5-17-6-4-14/h7-9H,3-6H2,1-2H3. The summed E-state index contributed by atoms with van der Waals surface area (Å²) < 4.78 is 10.5. The van der Waals surface area contributed by atoms with Gasteiger partial charge in [-0.1, -0.05) is 0 Å². The summed E-state index contributed by atoms with van der Waals surface area (Å²) in [5.41, 5.74) is 1.71. The first-order valence-electron chi connectivity index (χ1n) is 5.73. The van der Waals surface area contributed by atoms with Gasteiger partial charge in [-0.2, -0.15) is 0 Å². The number of Topliss-reactive ketones (excluding diaryl/α,β-unsaturated/α-hetero) is 1. The van der Waals surface area contributed by atoms with Gasteiger partial charge in [0.2, 0.25) is 0 Å². The van der Waals surface area contributed by atoms with Crippen LogP contribution in [0.1, 0.15) is 17.3 Å². The monoisotopic (exact) mass is 235 g/mol. The normalized spacial score (nSPS) is 15.8. The first-order valence-corrected chi connectivity index (χ1v) is 5.73. The molecule has 0 N–H and O–H groups in total. The summed E-state index contributed by atoms with van der Waals surface area (Å²) in [6, 6.07) is 5.64. The fraction of sp³-hybridized carbons (Fsp3) is 0.462. The van der Waals surface area contributed by atoms with Crippen molar-refractivity contribution >= 4 is 11.5 Å². The van der Waals surface area contributed by atoms with Crippen molar-refractivity contribution in [1.82, 2.24) is 0 Å². The predicted octanol–water partition coefficient (Wildman–Crippen LogP) is 1.73. The van der Waals surface area contributed by atoms with Gasteiger partial charge in [0, 0.05) is 30.4 Å².